The molecule has 0 amide bonds. The second-order valence-corrected chi connectivity index (χ2v) is 3.55. The fourth-order valence-electron chi connectivity index (χ4n) is 1.60. The van der Waals surface area contributed by atoms with E-state index in [2.05, 4.69) is 36.3 Å². The summed E-state index contributed by atoms with van der Waals surface area (Å²) in [5, 5.41) is 10.6. The van der Waals surface area contributed by atoms with Crippen LogP contribution in [0.1, 0.15) is 53.0 Å². The molecule has 0 radical (unpaired) electrons. The summed E-state index contributed by atoms with van der Waals surface area (Å²) in [4.78, 5) is 0. The Morgan fingerprint density at radius 2 is 2.00 bits per heavy atom. The van der Waals surface area contributed by atoms with Crippen LogP contribution in [0.5, 0.6) is 0 Å². The van der Waals surface area contributed by atoms with Gasteiger partial charge < -0.3 is 0 Å². The molecule has 0 N–H and O–H groups in total. The van der Waals surface area contributed by atoms with Crippen LogP contribution in [0.15, 0.2) is 0 Å². The van der Waals surface area contributed by atoms with Crippen molar-refractivity contribution in [2.45, 2.75) is 53.0 Å². The Labute approximate surface area is 91.5 Å². The van der Waals surface area contributed by atoms with E-state index >= 15 is 0 Å². The number of hydrogen-bond acceptors (Lipinski definition) is 2. The van der Waals surface area contributed by atoms with Crippen LogP contribution in [0.2, 0.25) is 0 Å². The maximum Gasteiger partial charge on any atom is 0.108 e. The molecule has 1 aliphatic carbocycles. The summed E-state index contributed by atoms with van der Waals surface area (Å²) in [7, 11) is 0. The van der Waals surface area contributed by atoms with Gasteiger partial charge in [-0.3, -0.25) is 0 Å². The van der Waals surface area contributed by atoms with E-state index < -0.39 is 0 Å². The molecule has 0 aromatic carbocycles. The Morgan fingerprint density at radius 1 is 1.33 bits per heavy atom. The Kier molecular flexibility index (Phi) is 4.53. The highest BCUT2D eigenvalue weighted by atomic mass is 15.4. The average Bonchev–Trinajstić information content (AvgIpc) is 2.74. The third-order valence-electron chi connectivity index (χ3n) is 2.61. The Hall–Kier alpha value is -1.12. The fourth-order valence-corrected chi connectivity index (χ4v) is 1.60. The normalized spacial score (nSPS) is 15.2. The van der Waals surface area contributed by atoms with Crippen molar-refractivity contribution in [2.24, 2.45) is 0 Å². The van der Waals surface area contributed by atoms with Crippen molar-refractivity contribution in [3.63, 3.8) is 0 Å². The number of aromatic nitrogens is 3. The van der Waals surface area contributed by atoms with Gasteiger partial charge in [-0.2, -0.15) is 0 Å². The Bertz CT molecular complexity index is 403. The molecule has 1 heterocycles. The van der Waals surface area contributed by atoms with E-state index in [-0.39, 0.29) is 0 Å². The largest absolute Gasteiger partial charge is 0.242 e. The van der Waals surface area contributed by atoms with E-state index in [1.54, 1.807) is 0 Å². The second-order valence-electron chi connectivity index (χ2n) is 3.55. The zero-order chi connectivity index (χ0) is 11.3. The summed E-state index contributed by atoms with van der Waals surface area (Å²) in [6.07, 6.45) is 7.73. The quantitative estimate of drug-likeness (QED) is 0.738. The van der Waals surface area contributed by atoms with Gasteiger partial charge in [0, 0.05) is 0 Å². The molecule has 3 nitrogen and oxygen atoms in total. The van der Waals surface area contributed by atoms with Crippen LogP contribution >= 0.6 is 0 Å². The van der Waals surface area contributed by atoms with E-state index in [1.807, 2.05) is 18.5 Å². The van der Waals surface area contributed by atoms with Crippen LogP contribution in [0.25, 0.3) is 12.2 Å². The zero-order valence-electron chi connectivity index (χ0n) is 10.2. The molecule has 1 aromatic heterocycles. The van der Waals surface area contributed by atoms with Crippen molar-refractivity contribution in [2.75, 3.05) is 0 Å². The predicted octanol–water partition coefficient (Wildman–Crippen LogP) is 1.63. The van der Waals surface area contributed by atoms with Gasteiger partial charge in [0.2, 0.25) is 0 Å². The van der Waals surface area contributed by atoms with E-state index in [9.17, 15) is 0 Å². The zero-order valence-corrected chi connectivity index (χ0v) is 10.2. The van der Waals surface area contributed by atoms with Crippen LogP contribution in [0.3, 0.4) is 0 Å². The van der Waals surface area contributed by atoms with Gasteiger partial charge in [-0.1, -0.05) is 38.1 Å². The first-order valence-corrected chi connectivity index (χ1v) is 5.94. The first-order chi connectivity index (χ1) is 7.33. The van der Waals surface area contributed by atoms with E-state index in [0.29, 0.717) is 6.04 Å². The van der Waals surface area contributed by atoms with E-state index in [4.69, 9.17) is 0 Å². The summed E-state index contributed by atoms with van der Waals surface area (Å²) >= 11 is 0. The van der Waals surface area contributed by atoms with Gasteiger partial charge in [-0.05, 0) is 26.2 Å². The summed E-state index contributed by atoms with van der Waals surface area (Å²) in [5.41, 5.74) is 0. The third kappa shape index (κ3) is 2.46. The second kappa shape index (κ2) is 5.69. The van der Waals surface area contributed by atoms with Gasteiger partial charge in [-0.15, -0.1) is 5.10 Å². The molecule has 1 atom stereocenters. The SMILES string of the molecule is CC.CCC(C)n1nnc2c1=CCCC=2. The summed E-state index contributed by atoms with van der Waals surface area (Å²) in [6, 6.07) is 0.457. The molecule has 0 fully saturated rings. The minimum Gasteiger partial charge on any atom is -0.242 e. The van der Waals surface area contributed by atoms with Crippen molar-refractivity contribution in [3.8, 4) is 0 Å². The maximum atomic E-state index is 4.17. The highest BCUT2D eigenvalue weighted by molar-refractivity contribution is 5.32. The average molecular weight is 207 g/mol. The van der Waals surface area contributed by atoms with Gasteiger partial charge in [-0.25, -0.2) is 4.68 Å². The number of nitrogens with zero attached hydrogens (tertiary/aromatic N) is 3. The smallest absolute Gasteiger partial charge is 0.108 e. The van der Waals surface area contributed by atoms with E-state index in [0.717, 1.165) is 24.6 Å². The van der Waals surface area contributed by atoms with Crippen molar-refractivity contribution in [1.82, 2.24) is 15.0 Å². The summed E-state index contributed by atoms with van der Waals surface area (Å²) in [5.74, 6) is 0. The van der Waals surface area contributed by atoms with Gasteiger partial charge in [0.25, 0.3) is 0 Å². The molecule has 0 spiro atoms. The lowest BCUT2D eigenvalue weighted by atomic mass is 10.2. The topological polar surface area (TPSA) is 30.7 Å². The van der Waals surface area contributed by atoms with Crippen molar-refractivity contribution in [3.05, 3.63) is 10.7 Å². The summed E-state index contributed by atoms with van der Waals surface area (Å²) < 4.78 is 2.03. The molecule has 1 aliphatic rings. The number of fused-ring (bicyclic) bond motifs is 1. The van der Waals surface area contributed by atoms with E-state index in [1.165, 1.54) is 5.35 Å². The lowest BCUT2D eigenvalue weighted by Crippen LogP contribution is -2.33. The van der Waals surface area contributed by atoms with Gasteiger partial charge in [0.05, 0.1) is 11.4 Å². The van der Waals surface area contributed by atoms with Crippen LogP contribution in [-0.2, 0) is 0 Å². The lowest BCUT2D eigenvalue weighted by Gasteiger charge is -2.08. The highest BCUT2D eigenvalue weighted by Gasteiger charge is 2.07. The minimum atomic E-state index is 0.457. The molecule has 2 rings (SSSR count). The Morgan fingerprint density at radius 3 is 2.67 bits per heavy atom. The third-order valence-corrected chi connectivity index (χ3v) is 2.61. The first-order valence-electron chi connectivity index (χ1n) is 5.94. The Balaban J connectivity index is 0.000000531. The summed E-state index contributed by atoms with van der Waals surface area (Å²) in [6.45, 7) is 8.35. The minimum absolute atomic E-state index is 0.457. The van der Waals surface area contributed by atoms with Crippen LogP contribution in [0, 0.1) is 0 Å². The van der Waals surface area contributed by atoms with Gasteiger partial charge in [0.15, 0.2) is 0 Å². The predicted molar refractivity (Wildman–Crippen MR) is 63.8 cm³/mol. The highest BCUT2D eigenvalue weighted by Crippen LogP contribution is 2.03. The van der Waals surface area contributed by atoms with Gasteiger partial charge in [0.1, 0.15) is 5.35 Å². The van der Waals surface area contributed by atoms with Crippen LogP contribution in [0.4, 0.5) is 0 Å². The van der Waals surface area contributed by atoms with Crippen LogP contribution in [-0.4, -0.2) is 15.0 Å². The van der Waals surface area contributed by atoms with Gasteiger partial charge >= 0.3 is 0 Å². The van der Waals surface area contributed by atoms with Crippen molar-refractivity contribution < 1.29 is 0 Å². The lowest BCUT2D eigenvalue weighted by molar-refractivity contribution is 0.453. The molecular weight excluding hydrogens is 186 g/mol. The van der Waals surface area contributed by atoms with Crippen molar-refractivity contribution >= 4 is 12.2 Å². The number of rotatable bonds is 2. The number of hydrogen-bond donors (Lipinski definition) is 0. The molecule has 0 bridgehead atoms. The molecule has 0 saturated carbocycles. The van der Waals surface area contributed by atoms with Crippen LogP contribution < -0.4 is 10.7 Å². The molecule has 0 saturated heterocycles. The molecule has 0 aliphatic heterocycles. The molecule has 15 heavy (non-hydrogen) atoms. The molecular formula is C12H21N3. The monoisotopic (exact) mass is 207 g/mol. The molecule has 1 aromatic rings. The molecule has 1 unspecified atom stereocenters. The molecule has 3 heteroatoms. The fraction of sp³-hybridized carbons (Fsp3) is 0.667. The standard InChI is InChI=1S/C10H15N3.C2H6/c1-3-8(2)13-10-7-5-4-6-9(10)11-12-13;1-2/h6-8H,3-5H2,1-2H3;1-2H3. The van der Waals surface area contributed by atoms with Crippen molar-refractivity contribution in [1.29, 1.82) is 0 Å². The maximum absolute atomic E-state index is 4.17. The first kappa shape index (κ1) is 12.0. The molecule has 84 valence electrons.